The fourth-order valence-corrected chi connectivity index (χ4v) is 4.58. The van der Waals surface area contributed by atoms with Gasteiger partial charge in [0.05, 0.1) is 12.0 Å². The Bertz CT molecular complexity index is 968. The normalized spacial score (nSPS) is 14.9. The van der Waals surface area contributed by atoms with Crippen molar-refractivity contribution in [1.82, 2.24) is 10.2 Å². The molecule has 2 aromatic carbocycles. The third-order valence-corrected chi connectivity index (χ3v) is 6.65. The number of sulfonamides is 1. The number of anilines is 1. The number of hydrogen-bond donors (Lipinski definition) is 2. The van der Waals surface area contributed by atoms with Crippen LogP contribution in [0.25, 0.3) is 0 Å². The van der Waals surface area contributed by atoms with Gasteiger partial charge in [-0.25, -0.2) is 8.42 Å². The molecular formula is C22H29N3O4S. The van der Waals surface area contributed by atoms with Gasteiger partial charge in [0.2, 0.25) is 0 Å². The zero-order valence-corrected chi connectivity index (χ0v) is 18.3. The van der Waals surface area contributed by atoms with Crippen molar-refractivity contribution in [3.63, 3.8) is 0 Å². The number of nitrogens with zero attached hydrogens (tertiary/aromatic N) is 1. The highest BCUT2D eigenvalue weighted by molar-refractivity contribution is 7.92. The van der Waals surface area contributed by atoms with Crippen LogP contribution >= 0.6 is 0 Å². The van der Waals surface area contributed by atoms with Crippen LogP contribution < -0.4 is 14.8 Å². The van der Waals surface area contributed by atoms with Crippen molar-refractivity contribution in [2.75, 3.05) is 38.0 Å². The molecule has 8 heteroatoms. The molecule has 1 heterocycles. The summed E-state index contributed by atoms with van der Waals surface area (Å²) in [6.45, 7) is 5.29. The Morgan fingerprint density at radius 2 is 1.77 bits per heavy atom. The van der Waals surface area contributed by atoms with Crippen molar-refractivity contribution in [1.29, 1.82) is 0 Å². The fourth-order valence-electron chi connectivity index (χ4n) is 3.49. The molecule has 1 fully saturated rings. The Hall–Kier alpha value is -2.58. The van der Waals surface area contributed by atoms with Gasteiger partial charge < -0.3 is 15.0 Å². The van der Waals surface area contributed by atoms with Gasteiger partial charge in [-0.1, -0.05) is 12.5 Å². The first-order valence-electron chi connectivity index (χ1n) is 10.2. The highest BCUT2D eigenvalue weighted by Gasteiger charge is 2.19. The first-order valence-corrected chi connectivity index (χ1v) is 11.7. The van der Waals surface area contributed by atoms with Crippen LogP contribution in [0.1, 0.15) is 35.2 Å². The summed E-state index contributed by atoms with van der Waals surface area (Å²) in [6, 6.07) is 11.2. The quantitative estimate of drug-likeness (QED) is 0.671. The van der Waals surface area contributed by atoms with Gasteiger partial charge in [0.15, 0.2) is 0 Å². The molecule has 1 amide bonds. The number of aryl methyl sites for hydroxylation is 1. The Morgan fingerprint density at radius 1 is 1.07 bits per heavy atom. The summed E-state index contributed by atoms with van der Waals surface area (Å²) in [6.07, 6.45) is 3.68. The van der Waals surface area contributed by atoms with Crippen molar-refractivity contribution < 1.29 is 17.9 Å². The molecule has 1 aliphatic rings. The summed E-state index contributed by atoms with van der Waals surface area (Å²) < 4.78 is 33.2. The van der Waals surface area contributed by atoms with Gasteiger partial charge in [0.25, 0.3) is 15.9 Å². The van der Waals surface area contributed by atoms with E-state index in [1.54, 1.807) is 44.4 Å². The van der Waals surface area contributed by atoms with E-state index in [2.05, 4.69) is 14.9 Å². The fraction of sp³-hybridized carbons (Fsp3) is 0.409. The molecule has 2 N–H and O–H groups in total. The lowest BCUT2D eigenvalue weighted by molar-refractivity contribution is 0.0945. The summed E-state index contributed by atoms with van der Waals surface area (Å²) in [5.41, 5.74) is 1.52. The predicted molar refractivity (Wildman–Crippen MR) is 118 cm³/mol. The second-order valence-corrected chi connectivity index (χ2v) is 9.15. The standard InChI is InChI=1S/C22H29N3O4S/c1-17-6-11-20(30(27,28)24-18-7-9-19(29-2)10-8-18)16-21(17)22(26)23-12-15-25-13-4-3-5-14-25/h6-11,16,24H,3-5,12-15H2,1-2H3,(H,23,26). The smallest absolute Gasteiger partial charge is 0.261 e. The molecule has 30 heavy (non-hydrogen) atoms. The van der Waals surface area contributed by atoms with Crippen LogP contribution in [0.15, 0.2) is 47.4 Å². The van der Waals surface area contributed by atoms with Gasteiger partial charge >= 0.3 is 0 Å². The number of piperidine rings is 1. The SMILES string of the molecule is COc1ccc(NS(=O)(=O)c2ccc(C)c(C(=O)NCCN3CCCCC3)c2)cc1. The van der Waals surface area contributed by atoms with Crippen LogP contribution in [0.3, 0.4) is 0 Å². The van der Waals surface area contributed by atoms with Crippen LogP contribution in [0, 0.1) is 6.92 Å². The summed E-state index contributed by atoms with van der Waals surface area (Å²) >= 11 is 0. The summed E-state index contributed by atoms with van der Waals surface area (Å²) in [4.78, 5) is 15.0. The zero-order chi connectivity index (χ0) is 21.6. The molecule has 0 atom stereocenters. The maximum Gasteiger partial charge on any atom is 0.261 e. The average Bonchev–Trinajstić information content (AvgIpc) is 2.75. The zero-order valence-electron chi connectivity index (χ0n) is 17.5. The molecule has 162 valence electrons. The molecule has 0 spiro atoms. The lowest BCUT2D eigenvalue weighted by atomic mass is 10.1. The number of carbonyl (C=O) groups excluding carboxylic acids is 1. The number of carbonyl (C=O) groups is 1. The third-order valence-electron chi connectivity index (χ3n) is 5.27. The highest BCUT2D eigenvalue weighted by atomic mass is 32.2. The summed E-state index contributed by atoms with van der Waals surface area (Å²) in [7, 11) is -2.28. The van der Waals surface area contributed by atoms with Gasteiger partial charge in [-0.2, -0.15) is 0 Å². The number of benzene rings is 2. The van der Waals surface area contributed by atoms with E-state index in [0.717, 1.165) is 25.2 Å². The monoisotopic (exact) mass is 431 g/mol. The van der Waals surface area contributed by atoms with E-state index in [1.807, 2.05) is 0 Å². The van der Waals surface area contributed by atoms with E-state index in [0.29, 0.717) is 23.5 Å². The largest absolute Gasteiger partial charge is 0.497 e. The number of ether oxygens (including phenoxy) is 1. The number of hydrogen-bond acceptors (Lipinski definition) is 5. The lowest BCUT2D eigenvalue weighted by Gasteiger charge is -2.26. The van der Waals surface area contributed by atoms with Gasteiger partial charge in [0, 0.05) is 24.3 Å². The molecule has 7 nitrogen and oxygen atoms in total. The first-order chi connectivity index (χ1) is 14.4. The highest BCUT2D eigenvalue weighted by Crippen LogP contribution is 2.21. The second kappa shape index (κ2) is 9.95. The molecule has 3 rings (SSSR count). The van der Waals surface area contributed by atoms with Gasteiger partial charge in [0.1, 0.15) is 5.75 Å². The first kappa shape index (κ1) is 22.1. The molecule has 0 radical (unpaired) electrons. The Labute approximate surface area is 178 Å². The van der Waals surface area contributed by atoms with Gasteiger partial charge in [-0.05, 0) is 74.8 Å². The van der Waals surface area contributed by atoms with E-state index >= 15 is 0 Å². The van der Waals surface area contributed by atoms with E-state index in [1.165, 1.54) is 31.4 Å². The number of likely N-dealkylation sites (tertiary alicyclic amines) is 1. The minimum Gasteiger partial charge on any atom is -0.497 e. The van der Waals surface area contributed by atoms with Crippen LogP contribution in [0.2, 0.25) is 0 Å². The van der Waals surface area contributed by atoms with Crippen LogP contribution in [-0.4, -0.2) is 52.5 Å². The molecule has 1 saturated heterocycles. The van der Waals surface area contributed by atoms with Crippen LogP contribution in [0.4, 0.5) is 5.69 Å². The van der Waals surface area contributed by atoms with E-state index < -0.39 is 10.0 Å². The Kier molecular flexibility index (Phi) is 7.33. The van der Waals surface area contributed by atoms with Gasteiger partial charge in [-0.3, -0.25) is 9.52 Å². The van der Waals surface area contributed by atoms with E-state index in [4.69, 9.17) is 4.74 Å². The molecular weight excluding hydrogens is 402 g/mol. The molecule has 0 saturated carbocycles. The summed E-state index contributed by atoms with van der Waals surface area (Å²) in [5.74, 6) is 0.378. The number of nitrogens with one attached hydrogen (secondary N) is 2. The Balaban J connectivity index is 1.67. The molecule has 0 aliphatic carbocycles. The molecule has 2 aromatic rings. The second-order valence-electron chi connectivity index (χ2n) is 7.47. The molecule has 0 aromatic heterocycles. The van der Waals surface area contributed by atoms with E-state index in [9.17, 15) is 13.2 Å². The summed E-state index contributed by atoms with van der Waals surface area (Å²) in [5, 5.41) is 2.92. The maximum atomic E-state index is 12.8. The average molecular weight is 432 g/mol. The number of methoxy groups -OCH3 is 1. The minimum absolute atomic E-state index is 0.0464. The van der Waals surface area contributed by atoms with Crippen LogP contribution in [0.5, 0.6) is 5.75 Å². The maximum absolute atomic E-state index is 12.8. The molecule has 1 aliphatic heterocycles. The van der Waals surface area contributed by atoms with Crippen molar-refractivity contribution in [3.05, 3.63) is 53.6 Å². The lowest BCUT2D eigenvalue weighted by Crippen LogP contribution is -2.37. The van der Waals surface area contributed by atoms with Crippen molar-refractivity contribution in [2.24, 2.45) is 0 Å². The predicted octanol–water partition coefficient (Wildman–Crippen LogP) is 3.02. The minimum atomic E-state index is -3.82. The van der Waals surface area contributed by atoms with E-state index in [-0.39, 0.29) is 10.8 Å². The molecule has 0 bridgehead atoms. The van der Waals surface area contributed by atoms with Crippen molar-refractivity contribution in [3.8, 4) is 5.75 Å². The van der Waals surface area contributed by atoms with Crippen LogP contribution in [-0.2, 0) is 10.0 Å². The Morgan fingerprint density at radius 3 is 2.43 bits per heavy atom. The van der Waals surface area contributed by atoms with Crippen molar-refractivity contribution >= 4 is 21.6 Å². The topological polar surface area (TPSA) is 87.7 Å². The van der Waals surface area contributed by atoms with Crippen molar-refractivity contribution in [2.45, 2.75) is 31.1 Å². The number of amides is 1. The molecule has 0 unspecified atom stereocenters. The van der Waals surface area contributed by atoms with Gasteiger partial charge in [-0.15, -0.1) is 0 Å². The number of rotatable bonds is 8. The third kappa shape index (κ3) is 5.73.